The van der Waals surface area contributed by atoms with Crippen LogP contribution in [0.5, 0.6) is 5.75 Å². The molecule has 0 saturated heterocycles. The summed E-state index contributed by atoms with van der Waals surface area (Å²) < 4.78 is 5.19. The third-order valence-corrected chi connectivity index (χ3v) is 2.70. The summed E-state index contributed by atoms with van der Waals surface area (Å²) in [7, 11) is 0. The summed E-state index contributed by atoms with van der Waals surface area (Å²) in [4.78, 5) is 16.4. The van der Waals surface area contributed by atoms with Crippen molar-refractivity contribution in [1.29, 1.82) is 0 Å². The van der Waals surface area contributed by atoms with Gasteiger partial charge in [-0.15, -0.1) is 5.06 Å². The molecule has 0 heterocycles. The molecule has 1 aromatic rings. The summed E-state index contributed by atoms with van der Waals surface area (Å²) in [5.41, 5.74) is 0. The standard InChI is InChI=1S/C12H15Cl2NO5/c13-9-1-2-11(10(14)7-9)19-8-12(18)20-15(3-5-16)4-6-17/h1-2,7,16-17H,3-6,8H2. The van der Waals surface area contributed by atoms with Gasteiger partial charge in [0.05, 0.1) is 31.3 Å². The number of ether oxygens (including phenoxy) is 1. The van der Waals surface area contributed by atoms with E-state index in [-0.39, 0.29) is 37.9 Å². The van der Waals surface area contributed by atoms with Crippen LogP contribution in [-0.2, 0) is 9.63 Å². The number of rotatable bonds is 8. The van der Waals surface area contributed by atoms with E-state index in [2.05, 4.69) is 0 Å². The second-order valence-electron chi connectivity index (χ2n) is 3.70. The molecule has 20 heavy (non-hydrogen) atoms. The van der Waals surface area contributed by atoms with Gasteiger partial charge < -0.3 is 19.8 Å². The topological polar surface area (TPSA) is 79.2 Å². The van der Waals surface area contributed by atoms with Gasteiger partial charge in [0.25, 0.3) is 0 Å². The molecule has 6 nitrogen and oxygen atoms in total. The first kappa shape index (κ1) is 17.0. The Bertz CT molecular complexity index is 438. The molecule has 0 saturated carbocycles. The molecule has 0 aliphatic heterocycles. The van der Waals surface area contributed by atoms with E-state index in [1.165, 1.54) is 12.1 Å². The van der Waals surface area contributed by atoms with Gasteiger partial charge in [-0.25, -0.2) is 4.79 Å². The second-order valence-corrected chi connectivity index (χ2v) is 4.55. The molecule has 0 unspecified atom stereocenters. The Morgan fingerprint density at radius 3 is 2.40 bits per heavy atom. The number of carbonyl (C=O) groups is 1. The number of carbonyl (C=O) groups excluding carboxylic acids is 1. The number of nitrogens with zero attached hydrogens (tertiary/aromatic N) is 1. The Morgan fingerprint density at radius 1 is 1.20 bits per heavy atom. The highest BCUT2D eigenvalue weighted by Crippen LogP contribution is 2.27. The van der Waals surface area contributed by atoms with Gasteiger partial charge >= 0.3 is 5.97 Å². The molecular weight excluding hydrogens is 309 g/mol. The fourth-order valence-corrected chi connectivity index (χ4v) is 1.79. The monoisotopic (exact) mass is 323 g/mol. The van der Waals surface area contributed by atoms with Crippen LogP contribution in [0.4, 0.5) is 0 Å². The van der Waals surface area contributed by atoms with E-state index in [0.717, 1.165) is 5.06 Å². The predicted octanol–water partition coefficient (Wildman–Crippen LogP) is 1.12. The number of hydrogen-bond donors (Lipinski definition) is 2. The third kappa shape index (κ3) is 5.94. The van der Waals surface area contributed by atoms with E-state index in [1.54, 1.807) is 6.07 Å². The molecule has 0 amide bonds. The Hall–Kier alpha value is -1.05. The SMILES string of the molecule is O=C(COc1ccc(Cl)cc1Cl)ON(CCO)CCO. The fraction of sp³-hybridized carbons (Fsp3) is 0.417. The number of hydrogen-bond acceptors (Lipinski definition) is 6. The summed E-state index contributed by atoms with van der Waals surface area (Å²) in [6.07, 6.45) is 0. The highest BCUT2D eigenvalue weighted by Gasteiger charge is 2.12. The normalized spacial score (nSPS) is 10.7. The average Bonchev–Trinajstić information content (AvgIpc) is 2.38. The lowest BCUT2D eigenvalue weighted by molar-refractivity contribution is -0.196. The summed E-state index contributed by atoms with van der Waals surface area (Å²) in [6.45, 7) is -0.537. The van der Waals surface area contributed by atoms with Gasteiger partial charge in [-0.2, -0.15) is 0 Å². The lowest BCUT2D eigenvalue weighted by atomic mass is 10.3. The Labute approximate surface area is 126 Å². The predicted molar refractivity (Wildman–Crippen MR) is 73.8 cm³/mol. The van der Waals surface area contributed by atoms with E-state index < -0.39 is 5.97 Å². The lowest BCUT2D eigenvalue weighted by Gasteiger charge is -2.19. The first-order valence-electron chi connectivity index (χ1n) is 5.82. The van der Waals surface area contributed by atoms with Crippen molar-refractivity contribution in [2.45, 2.75) is 0 Å². The zero-order valence-electron chi connectivity index (χ0n) is 10.6. The molecule has 0 fully saturated rings. The average molecular weight is 324 g/mol. The molecule has 0 aliphatic rings. The van der Waals surface area contributed by atoms with Crippen LogP contribution in [0.2, 0.25) is 10.0 Å². The third-order valence-electron chi connectivity index (χ3n) is 2.17. The minimum absolute atomic E-state index is 0.105. The molecule has 0 aliphatic carbocycles. The molecule has 112 valence electrons. The number of halogens is 2. The summed E-state index contributed by atoms with van der Waals surface area (Å²) in [6, 6.07) is 4.61. The van der Waals surface area contributed by atoms with Crippen LogP contribution in [0, 0.1) is 0 Å². The molecule has 1 aromatic carbocycles. The van der Waals surface area contributed by atoms with Gasteiger partial charge in [0, 0.05) is 5.02 Å². The van der Waals surface area contributed by atoms with Crippen LogP contribution in [-0.4, -0.2) is 54.2 Å². The zero-order valence-corrected chi connectivity index (χ0v) is 12.1. The van der Waals surface area contributed by atoms with Crippen molar-refractivity contribution in [1.82, 2.24) is 5.06 Å². The van der Waals surface area contributed by atoms with Crippen molar-refractivity contribution in [2.75, 3.05) is 32.9 Å². The van der Waals surface area contributed by atoms with Crippen molar-refractivity contribution in [3.05, 3.63) is 28.2 Å². The van der Waals surface area contributed by atoms with Crippen LogP contribution in [0.25, 0.3) is 0 Å². The van der Waals surface area contributed by atoms with Gasteiger partial charge in [0.1, 0.15) is 5.75 Å². The number of aliphatic hydroxyl groups is 2. The van der Waals surface area contributed by atoms with Crippen molar-refractivity contribution >= 4 is 29.2 Å². The zero-order chi connectivity index (χ0) is 15.0. The number of benzene rings is 1. The van der Waals surface area contributed by atoms with Gasteiger partial charge in [-0.1, -0.05) is 23.2 Å². The summed E-state index contributed by atoms with van der Waals surface area (Å²) in [5, 5.41) is 19.4. The quantitative estimate of drug-likeness (QED) is 0.698. The van der Waals surface area contributed by atoms with Crippen molar-refractivity contribution < 1.29 is 24.6 Å². The molecule has 0 aromatic heterocycles. The maximum Gasteiger partial charge on any atom is 0.362 e. The minimum atomic E-state index is -0.669. The van der Waals surface area contributed by atoms with Crippen LogP contribution < -0.4 is 4.74 Å². The largest absolute Gasteiger partial charge is 0.480 e. The summed E-state index contributed by atoms with van der Waals surface area (Å²) in [5.74, 6) is -0.359. The van der Waals surface area contributed by atoms with Gasteiger partial charge in [-0.3, -0.25) is 0 Å². The Kier molecular flexibility index (Phi) is 7.64. The number of hydroxylamine groups is 2. The van der Waals surface area contributed by atoms with E-state index in [4.69, 9.17) is 43.0 Å². The van der Waals surface area contributed by atoms with Crippen LogP contribution in [0.1, 0.15) is 0 Å². The Morgan fingerprint density at radius 2 is 1.85 bits per heavy atom. The van der Waals surface area contributed by atoms with Crippen molar-refractivity contribution in [2.24, 2.45) is 0 Å². The maximum absolute atomic E-state index is 11.5. The van der Waals surface area contributed by atoms with Gasteiger partial charge in [-0.05, 0) is 18.2 Å². The highest BCUT2D eigenvalue weighted by atomic mass is 35.5. The van der Waals surface area contributed by atoms with Crippen LogP contribution in [0.3, 0.4) is 0 Å². The van der Waals surface area contributed by atoms with Gasteiger partial charge in [0.15, 0.2) is 6.61 Å². The molecular formula is C12H15Cl2NO5. The number of aliphatic hydroxyl groups excluding tert-OH is 2. The van der Waals surface area contributed by atoms with Crippen LogP contribution >= 0.6 is 23.2 Å². The van der Waals surface area contributed by atoms with E-state index in [0.29, 0.717) is 10.8 Å². The first-order valence-corrected chi connectivity index (χ1v) is 6.57. The Balaban J connectivity index is 2.45. The van der Waals surface area contributed by atoms with Crippen LogP contribution in [0.15, 0.2) is 18.2 Å². The van der Waals surface area contributed by atoms with Gasteiger partial charge in [0.2, 0.25) is 0 Å². The molecule has 0 atom stereocenters. The van der Waals surface area contributed by atoms with Crippen molar-refractivity contribution in [3.63, 3.8) is 0 Å². The molecule has 8 heteroatoms. The smallest absolute Gasteiger partial charge is 0.362 e. The van der Waals surface area contributed by atoms with E-state index in [1.807, 2.05) is 0 Å². The first-order chi connectivity index (χ1) is 9.56. The fourth-order valence-electron chi connectivity index (χ4n) is 1.33. The highest BCUT2D eigenvalue weighted by molar-refractivity contribution is 6.35. The molecule has 2 N–H and O–H groups in total. The summed E-state index contributed by atoms with van der Waals surface area (Å²) >= 11 is 11.6. The minimum Gasteiger partial charge on any atom is -0.480 e. The molecule has 1 rings (SSSR count). The van der Waals surface area contributed by atoms with E-state index in [9.17, 15) is 4.79 Å². The van der Waals surface area contributed by atoms with Crippen molar-refractivity contribution in [3.8, 4) is 5.75 Å². The second kappa shape index (κ2) is 8.99. The molecule has 0 radical (unpaired) electrons. The van der Waals surface area contributed by atoms with E-state index >= 15 is 0 Å². The molecule has 0 spiro atoms. The maximum atomic E-state index is 11.5. The lowest BCUT2D eigenvalue weighted by Crippen LogP contribution is -2.34. The molecule has 0 bridgehead atoms.